The molecule has 0 radical (unpaired) electrons. The Morgan fingerprint density at radius 3 is 2.50 bits per heavy atom. The zero-order chi connectivity index (χ0) is 10.7. The quantitative estimate of drug-likeness (QED) is 0.549. The highest BCUT2D eigenvalue weighted by Gasteiger charge is 2.17. The van der Waals surface area contributed by atoms with E-state index >= 15 is 0 Å². The first-order valence-electron chi connectivity index (χ1n) is 4.11. The minimum absolute atomic E-state index is 0.112. The molecule has 0 aliphatic rings. The van der Waals surface area contributed by atoms with Gasteiger partial charge in [-0.25, -0.2) is 4.39 Å². The van der Waals surface area contributed by atoms with Crippen LogP contribution in [-0.2, 0) is 0 Å². The topological polar surface area (TPSA) is 86.7 Å². The van der Waals surface area contributed by atoms with Crippen molar-refractivity contribution in [2.24, 2.45) is 5.73 Å². The Hall–Kier alpha value is -1.17. The van der Waals surface area contributed by atoms with Gasteiger partial charge in [0.15, 0.2) is 11.6 Å². The lowest BCUT2D eigenvalue weighted by atomic mass is 10.0. The van der Waals surface area contributed by atoms with Crippen molar-refractivity contribution in [1.82, 2.24) is 0 Å². The summed E-state index contributed by atoms with van der Waals surface area (Å²) in [5.74, 6) is -1.34. The predicted octanol–water partition coefficient (Wildman–Crippen LogP) is -0.116. The fraction of sp³-hybridized carbons (Fsp3) is 0.333. The normalized spacial score (nSPS) is 15.1. The zero-order valence-electron chi connectivity index (χ0n) is 7.39. The van der Waals surface area contributed by atoms with Crippen molar-refractivity contribution in [3.05, 3.63) is 29.6 Å². The van der Waals surface area contributed by atoms with Crippen molar-refractivity contribution < 1.29 is 19.7 Å². The summed E-state index contributed by atoms with van der Waals surface area (Å²) in [5, 5.41) is 27.6. The standard InChI is InChI=1S/C9H12FNO3/c10-6-2-1-5(3-7(6)12)9(14)8(13)4-11/h1-3,8-9,12-14H,4,11H2. The first-order valence-corrected chi connectivity index (χ1v) is 4.11. The van der Waals surface area contributed by atoms with E-state index < -0.39 is 23.8 Å². The molecule has 0 aromatic heterocycles. The molecule has 5 heteroatoms. The number of nitrogens with two attached hydrogens (primary N) is 1. The lowest BCUT2D eigenvalue weighted by Gasteiger charge is -2.16. The van der Waals surface area contributed by atoms with Gasteiger partial charge < -0.3 is 21.1 Å². The Bertz CT molecular complexity index is 319. The Balaban J connectivity index is 2.91. The summed E-state index contributed by atoms with van der Waals surface area (Å²) in [7, 11) is 0. The van der Waals surface area contributed by atoms with Crippen LogP contribution in [-0.4, -0.2) is 28.0 Å². The van der Waals surface area contributed by atoms with E-state index in [-0.39, 0.29) is 12.1 Å². The van der Waals surface area contributed by atoms with E-state index in [9.17, 15) is 14.6 Å². The van der Waals surface area contributed by atoms with Gasteiger partial charge in [-0.1, -0.05) is 6.07 Å². The van der Waals surface area contributed by atoms with Crippen LogP contribution in [0.25, 0.3) is 0 Å². The molecule has 1 aromatic rings. The molecule has 78 valence electrons. The lowest BCUT2D eigenvalue weighted by Crippen LogP contribution is -2.27. The Kier molecular flexibility index (Phi) is 3.40. The molecule has 14 heavy (non-hydrogen) atoms. The second kappa shape index (κ2) is 4.36. The molecule has 0 spiro atoms. The number of aliphatic hydroxyl groups excluding tert-OH is 2. The highest BCUT2D eigenvalue weighted by atomic mass is 19.1. The highest BCUT2D eigenvalue weighted by molar-refractivity contribution is 5.30. The van der Waals surface area contributed by atoms with E-state index in [1.807, 2.05) is 0 Å². The molecule has 0 saturated heterocycles. The molecule has 2 atom stereocenters. The summed E-state index contributed by atoms with van der Waals surface area (Å²) in [6.07, 6.45) is -2.34. The van der Waals surface area contributed by atoms with Crippen LogP contribution >= 0.6 is 0 Å². The Labute approximate surface area is 80.4 Å². The van der Waals surface area contributed by atoms with Gasteiger partial charge in [0.05, 0.1) is 6.10 Å². The van der Waals surface area contributed by atoms with Crippen LogP contribution in [0.15, 0.2) is 18.2 Å². The summed E-state index contributed by atoms with van der Waals surface area (Å²) in [6, 6.07) is 3.34. The van der Waals surface area contributed by atoms with Crippen LogP contribution < -0.4 is 5.73 Å². The third-order valence-electron chi connectivity index (χ3n) is 1.92. The summed E-state index contributed by atoms with van der Waals surface area (Å²) < 4.78 is 12.6. The Morgan fingerprint density at radius 1 is 1.36 bits per heavy atom. The summed E-state index contributed by atoms with van der Waals surface area (Å²) >= 11 is 0. The van der Waals surface area contributed by atoms with Gasteiger partial charge in [-0.3, -0.25) is 0 Å². The SMILES string of the molecule is NCC(O)C(O)c1ccc(F)c(O)c1. The van der Waals surface area contributed by atoms with Crippen molar-refractivity contribution in [3.8, 4) is 5.75 Å². The van der Waals surface area contributed by atoms with Crippen molar-refractivity contribution in [1.29, 1.82) is 0 Å². The predicted molar refractivity (Wildman–Crippen MR) is 48.1 cm³/mol. The Morgan fingerprint density at radius 2 is 2.00 bits per heavy atom. The van der Waals surface area contributed by atoms with E-state index in [0.717, 1.165) is 12.1 Å². The summed E-state index contributed by atoms with van der Waals surface area (Å²) in [4.78, 5) is 0. The molecule has 0 aliphatic heterocycles. The number of hydrogen-bond donors (Lipinski definition) is 4. The molecule has 0 bridgehead atoms. The zero-order valence-corrected chi connectivity index (χ0v) is 7.39. The van der Waals surface area contributed by atoms with Gasteiger partial charge in [-0.15, -0.1) is 0 Å². The van der Waals surface area contributed by atoms with Gasteiger partial charge in [-0.05, 0) is 17.7 Å². The molecule has 1 aromatic carbocycles. The lowest BCUT2D eigenvalue weighted by molar-refractivity contribution is 0.0242. The van der Waals surface area contributed by atoms with Gasteiger partial charge in [0.25, 0.3) is 0 Å². The van der Waals surface area contributed by atoms with Gasteiger partial charge >= 0.3 is 0 Å². The largest absolute Gasteiger partial charge is 0.505 e. The third kappa shape index (κ3) is 2.20. The summed E-state index contributed by atoms with van der Waals surface area (Å²) in [5.41, 5.74) is 5.36. The number of aliphatic hydroxyl groups is 2. The molecular weight excluding hydrogens is 189 g/mol. The van der Waals surface area contributed by atoms with Gasteiger partial charge in [0.2, 0.25) is 0 Å². The van der Waals surface area contributed by atoms with Gasteiger partial charge in [0, 0.05) is 6.54 Å². The maximum absolute atomic E-state index is 12.6. The third-order valence-corrected chi connectivity index (χ3v) is 1.92. The number of phenolic OH excluding ortho intramolecular Hbond substituents is 1. The number of benzene rings is 1. The van der Waals surface area contributed by atoms with Crippen LogP contribution in [0.5, 0.6) is 5.75 Å². The van der Waals surface area contributed by atoms with Crippen LogP contribution in [0, 0.1) is 5.82 Å². The average molecular weight is 201 g/mol. The number of hydrogen-bond acceptors (Lipinski definition) is 4. The molecule has 0 fully saturated rings. The van der Waals surface area contributed by atoms with E-state index in [0.29, 0.717) is 0 Å². The number of halogens is 1. The van der Waals surface area contributed by atoms with Gasteiger partial charge in [0.1, 0.15) is 6.10 Å². The molecule has 0 aliphatic carbocycles. The first-order chi connectivity index (χ1) is 6.56. The molecule has 2 unspecified atom stereocenters. The molecule has 4 nitrogen and oxygen atoms in total. The number of aromatic hydroxyl groups is 1. The van der Waals surface area contributed by atoms with Crippen molar-refractivity contribution >= 4 is 0 Å². The van der Waals surface area contributed by atoms with Crippen LogP contribution in [0.4, 0.5) is 4.39 Å². The first kappa shape index (κ1) is 10.9. The highest BCUT2D eigenvalue weighted by Crippen LogP contribution is 2.23. The molecule has 0 heterocycles. The van der Waals surface area contributed by atoms with E-state index in [1.54, 1.807) is 0 Å². The maximum Gasteiger partial charge on any atom is 0.164 e. The fourth-order valence-electron chi connectivity index (χ4n) is 1.06. The minimum Gasteiger partial charge on any atom is -0.505 e. The molecule has 0 saturated carbocycles. The van der Waals surface area contributed by atoms with Crippen LogP contribution in [0.3, 0.4) is 0 Å². The number of phenols is 1. The maximum atomic E-state index is 12.6. The molecule has 1 rings (SSSR count). The van der Waals surface area contributed by atoms with Crippen LogP contribution in [0.1, 0.15) is 11.7 Å². The minimum atomic E-state index is -1.22. The van der Waals surface area contributed by atoms with Crippen molar-refractivity contribution in [2.45, 2.75) is 12.2 Å². The summed E-state index contributed by atoms with van der Waals surface area (Å²) in [6.45, 7) is -0.112. The second-order valence-electron chi connectivity index (χ2n) is 2.96. The molecule has 5 N–H and O–H groups in total. The monoisotopic (exact) mass is 201 g/mol. The fourth-order valence-corrected chi connectivity index (χ4v) is 1.06. The van der Waals surface area contributed by atoms with E-state index in [2.05, 4.69) is 0 Å². The smallest absolute Gasteiger partial charge is 0.164 e. The molecule has 0 amide bonds. The van der Waals surface area contributed by atoms with Crippen LogP contribution in [0.2, 0.25) is 0 Å². The van der Waals surface area contributed by atoms with E-state index in [1.165, 1.54) is 6.07 Å². The average Bonchev–Trinajstić information content (AvgIpc) is 2.20. The van der Waals surface area contributed by atoms with E-state index in [4.69, 9.17) is 10.8 Å². The van der Waals surface area contributed by atoms with Crippen molar-refractivity contribution in [3.63, 3.8) is 0 Å². The molecular formula is C9H12FNO3. The second-order valence-corrected chi connectivity index (χ2v) is 2.96. The van der Waals surface area contributed by atoms with Crippen molar-refractivity contribution in [2.75, 3.05) is 6.54 Å². The number of rotatable bonds is 3. The van der Waals surface area contributed by atoms with Gasteiger partial charge in [-0.2, -0.15) is 0 Å².